The van der Waals surface area contributed by atoms with Crippen molar-refractivity contribution in [2.24, 2.45) is 0 Å². The molecule has 0 saturated carbocycles. The van der Waals surface area contributed by atoms with Crippen LogP contribution in [0.25, 0.3) is 0 Å². The number of amides is 1. The molecular weight excluding hydrogens is 272 g/mol. The number of hydrogen-bond acceptors (Lipinski definition) is 5. The molecule has 2 rings (SSSR count). The van der Waals surface area contributed by atoms with Gasteiger partial charge in [0.15, 0.2) is 0 Å². The second kappa shape index (κ2) is 7.39. The number of ether oxygens (including phenoxy) is 2. The van der Waals surface area contributed by atoms with Crippen LogP contribution in [-0.2, 0) is 11.2 Å². The van der Waals surface area contributed by atoms with Crippen molar-refractivity contribution in [2.45, 2.75) is 13.3 Å². The highest BCUT2D eigenvalue weighted by molar-refractivity contribution is 6.01. The van der Waals surface area contributed by atoms with Gasteiger partial charge in [0, 0.05) is 25.3 Å². The van der Waals surface area contributed by atoms with Crippen molar-refractivity contribution in [1.82, 2.24) is 15.2 Å². The minimum absolute atomic E-state index is 0.123. The van der Waals surface area contributed by atoms with Gasteiger partial charge in [-0.25, -0.2) is 4.98 Å². The number of aromatic amines is 1. The quantitative estimate of drug-likeness (QED) is 0.757. The standard InChI is InChI=1S/C14H18N4O3/c1-3-12-16-13(18-17-12)14(19)15-10-5-4-6-11(9-10)21-8-7-20-2/h4-6,9H,3,7-8H2,1-2H3,(H,15,19)(H,16,17,18). The van der Waals surface area contributed by atoms with Gasteiger partial charge in [-0.1, -0.05) is 13.0 Å². The Kier molecular flexibility index (Phi) is 5.28. The molecule has 0 spiro atoms. The van der Waals surface area contributed by atoms with Crippen LogP contribution in [-0.4, -0.2) is 41.4 Å². The van der Waals surface area contributed by atoms with E-state index in [4.69, 9.17) is 9.47 Å². The van der Waals surface area contributed by atoms with Crippen LogP contribution in [0, 0.1) is 0 Å². The van der Waals surface area contributed by atoms with Crippen LogP contribution in [0.2, 0.25) is 0 Å². The lowest BCUT2D eigenvalue weighted by molar-refractivity contribution is 0.101. The Morgan fingerprint density at radius 3 is 2.95 bits per heavy atom. The van der Waals surface area contributed by atoms with E-state index in [9.17, 15) is 4.79 Å². The average molecular weight is 290 g/mol. The zero-order chi connectivity index (χ0) is 15.1. The molecular formula is C14H18N4O3. The van der Waals surface area contributed by atoms with Crippen molar-refractivity contribution in [3.8, 4) is 5.75 Å². The Hall–Kier alpha value is -2.41. The minimum Gasteiger partial charge on any atom is -0.491 e. The van der Waals surface area contributed by atoms with Gasteiger partial charge in [0.1, 0.15) is 18.2 Å². The summed E-state index contributed by atoms with van der Waals surface area (Å²) >= 11 is 0. The molecule has 0 radical (unpaired) electrons. The summed E-state index contributed by atoms with van der Waals surface area (Å²) in [5.41, 5.74) is 0.623. The van der Waals surface area contributed by atoms with Crippen molar-refractivity contribution >= 4 is 11.6 Å². The highest BCUT2D eigenvalue weighted by Gasteiger charge is 2.12. The Labute approximate surface area is 122 Å². The largest absolute Gasteiger partial charge is 0.491 e. The van der Waals surface area contributed by atoms with Crippen LogP contribution >= 0.6 is 0 Å². The molecule has 1 amide bonds. The van der Waals surface area contributed by atoms with Crippen LogP contribution in [0.4, 0.5) is 5.69 Å². The van der Waals surface area contributed by atoms with Gasteiger partial charge in [-0.2, -0.15) is 0 Å². The minimum atomic E-state index is -0.361. The monoisotopic (exact) mass is 290 g/mol. The van der Waals surface area contributed by atoms with Crippen molar-refractivity contribution in [1.29, 1.82) is 0 Å². The summed E-state index contributed by atoms with van der Waals surface area (Å²) in [5.74, 6) is 1.10. The van der Waals surface area contributed by atoms with Gasteiger partial charge in [0.2, 0.25) is 5.82 Å². The third-order valence-corrected chi connectivity index (χ3v) is 2.72. The van der Waals surface area contributed by atoms with E-state index in [0.29, 0.717) is 36.9 Å². The highest BCUT2D eigenvalue weighted by atomic mass is 16.5. The van der Waals surface area contributed by atoms with Gasteiger partial charge in [-0.05, 0) is 12.1 Å². The summed E-state index contributed by atoms with van der Waals surface area (Å²) in [6.07, 6.45) is 0.698. The average Bonchev–Trinajstić information content (AvgIpc) is 2.97. The third kappa shape index (κ3) is 4.28. The number of carbonyl (C=O) groups is 1. The first-order valence-electron chi connectivity index (χ1n) is 6.67. The molecule has 0 unspecified atom stereocenters. The number of aromatic nitrogens is 3. The molecule has 1 aromatic carbocycles. The van der Waals surface area contributed by atoms with Crippen molar-refractivity contribution in [3.05, 3.63) is 35.9 Å². The summed E-state index contributed by atoms with van der Waals surface area (Å²) in [6.45, 7) is 2.89. The molecule has 7 nitrogen and oxygen atoms in total. The zero-order valence-electron chi connectivity index (χ0n) is 12.0. The number of methoxy groups -OCH3 is 1. The van der Waals surface area contributed by atoms with E-state index in [2.05, 4.69) is 20.5 Å². The van der Waals surface area contributed by atoms with Gasteiger partial charge in [0.05, 0.1) is 6.61 Å². The number of H-pyrrole nitrogens is 1. The predicted octanol–water partition coefficient (Wildman–Crippen LogP) is 1.64. The number of aryl methyl sites for hydroxylation is 1. The smallest absolute Gasteiger partial charge is 0.295 e. The zero-order valence-corrected chi connectivity index (χ0v) is 12.0. The van der Waals surface area contributed by atoms with E-state index in [1.54, 1.807) is 25.3 Å². The highest BCUT2D eigenvalue weighted by Crippen LogP contribution is 2.17. The van der Waals surface area contributed by atoms with Crippen molar-refractivity contribution in [3.63, 3.8) is 0 Å². The molecule has 112 valence electrons. The fourth-order valence-corrected chi connectivity index (χ4v) is 1.65. The normalized spacial score (nSPS) is 10.4. The van der Waals surface area contributed by atoms with Crippen LogP contribution in [0.15, 0.2) is 24.3 Å². The molecule has 0 aliphatic rings. The van der Waals surface area contributed by atoms with E-state index in [0.717, 1.165) is 0 Å². The number of carbonyl (C=O) groups excluding carboxylic acids is 1. The number of anilines is 1. The van der Waals surface area contributed by atoms with E-state index in [-0.39, 0.29) is 11.7 Å². The predicted molar refractivity (Wildman–Crippen MR) is 77.5 cm³/mol. The number of benzene rings is 1. The van der Waals surface area contributed by atoms with E-state index in [1.807, 2.05) is 13.0 Å². The molecule has 0 aliphatic carbocycles. The SMILES string of the molecule is CCc1nc(C(=O)Nc2cccc(OCCOC)c2)n[nH]1. The third-order valence-electron chi connectivity index (χ3n) is 2.72. The second-order valence-electron chi connectivity index (χ2n) is 4.28. The molecule has 2 aromatic rings. The first kappa shape index (κ1) is 15.0. The van der Waals surface area contributed by atoms with E-state index in [1.165, 1.54) is 0 Å². The summed E-state index contributed by atoms with van der Waals surface area (Å²) in [6, 6.07) is 7.12. The molecule has 0 aliphatic heterocycles. The fourth-order valence-electron chi connectivity index (χ4n) is 1.65. The summed E-state index contributed by atoms with van der Waals surface area (Å²) in [5, 5.41) is 9.31. The van der Waals surface area contributed by atoms with Gasteiger partial charge in [-0.15, -0.1) is 5.10 Å². The molecule has 0 saturated heterocycles. The molecule has 2 N–H and O–H groups in total. The maximum Gasteiger partial charge on any atom is 0.295 e. The summed E-state index contributed by atoms with van der Waals surface area (Å²) < 4.78 is 10.4. The lowest BCUT2D eigenvalue weighted by Gasteiger charge is -2.08. The van der Waals surface area contributed by atoms with Crippen LogP contribution in [0.3, 0.4) is 0 Å². The Morgan fingerprint density at radius 2 is 2.24 bits per heavy atom. The second-order valence-corrected chi connectivity index (χ2v) is 4.28. The number of nitrogens with one attached hydrogen (secondary N) is 2. The maximum absolute atomic E-state index is 12.0. The van der Waals surface area contributed by atoms with E-state index >= 15 is 0 Å². The number of nitrogens with zero attached hydrogens (tertiary/aromatic N) is 2. The molecule has 1 aromatic heterocycles. The van der Waals surface area contributed by atoms with Crippen molar-refractivity contribution < 1.29 is 14.3 Å². The Morgan fingerprint density at radius 1 is 1.38 bits per heavy atom. The Balaban J connectivity index is 1.98. The first-order valence-corrected chi connectivity index (χ1v) is 6.67. The molecule has 1 heterocycles. The number of hydrogen-bond donors (Lipinski definition) is 2. The topological polar surface area (TPSA) is 89.1 Å². The van der Waals surface area contributed by atoms with Gasteiger partial charge in [-0.3, -0.25) is 9.89 Å². The van der Waals surface area contributed by atoms with Crippen molar-refractivity contribution in [2.75, 3.05) is 25.6 Å². The van der Waals surface area contributed by atoms with Crippen LogP contribution in [0.1, 0.15) is 23.4 Å². The summed E-state index contributed by atoms with van der Waals surface area (Å²) in [4.78, 5) is 16.1. The Bertz CT molecular complexity index is 597. The van der Waals surface area contributed by atoms with Crippen LogP contribution < -0.4 is 10.1 Å². The van der Waals surface area contributed by atoms with Gasteiger partial charge >= 0.3 is 0 Å². The lowest BCUT2D eigenvalue weighted by Crippen LogP contribution is -2.14. The fraction of sp³-hybridized carbons (Fsp3) is 0.357. The maximum atomic E-state index is 12.0. The molecule has 21 heavy (non-hydrogen) atoms. The van der Waals surface area contributed by atoms with Crippen LogP contribution in [0.5, 0.6) is 5.75 Å². The lowest BCUT2D eigenvalue weighted by atomic mass is 10.3. The van der Waals surface area contributed by atoms with Gasteiger partial charge < -0.3 is 14.8 Å². The first-order chi connectivity index (χ1) is 10.2. The molecule has 7 heteroatoms. The van der Waals surface area contributed by atoms with Gasteiger partial charge in [0.25, 0.3) is 5.91 Å². The van der Waals surface area contributed by atoms with E-state index < -0.39 is 0 Å². The number of rotatable bonds is 7. The molecule has 0 atom stereocenters. The molecule has 0 bridgehead atoms. The summed E-state index contributed by atoms with van der Waals surface area (Å²) in [7, 11) is 1.61. The molecule has 0 fully saturated rings.